The zero-order valence-electron chi connectivity index (χ0n) is 11.4. The number of carboxylic acids is 1. The second-order valence-electron chi connectivity index (χ2n) is 4.50. The minimum Gasteiger partial charge on any atom is -0.484 e. The van der Waals surface area contributed by atoms with E-state index in [2.05, 4.69) is 5.10 Å². The average Bonchev–Trinajstić information content (AvgIpc) is 2.86. The number of rotatable bonds is 5. The number of ether oxygens (including phenoxy) is 1. The van der Waals surface area contributed by atoms with Crippen molar-refractivity contribution in [3.63, 3.8) is 0 Å². The van der Waals surface area contributed by atoms with Crippen LogP contribution in [0.3, 0.4) is 0 Å². The Hall–Kier alpha value is -2.90. The van der Waals surface area contributed by atoms with Gasteiger partial charge in [-0.2, -0.15) is 5.10 Å². The van der Waals surface area contributed by atoms with Gasteiger partial charge in [-0.25, -0.2) is 9.48 Å². The number of aromatic carboxylic acids is 1. The van der Waals surface area contributed by atoms with Crippen molar-refractivity contribution in [3.05, 3.63) is 46.3 Å². The van der Waals surface area contributed by atoms with Crippen LogP contribution in [0.4, 0.5) is 5.69 Å². The van der Waals surface area contributed by atoms with Crippen LogP contribution in [0.1, 0.15) is 24.3 Å². The Morgan fingerprint density at radius 2 is 2.14 bits per heavy atom. The first-order valence-corrected chi connectivity index (χ1v) is 6.13. The van der Waals surface area contributed by atoms with Gasteiger partial charge in [0.15, 0.2) is 11.4 Å². The number of nitro benzene ring substituents is 1. The second-order valence-corrected chi connectivity index (χ2v) is 4.50. The van der Waals surface area contributed by atoms with Crippen LogP contribution in [-0.2, 0) is 0 Å². The predicted molar refractivity (Wildman–Crippen MR) is 72.9 cm³/mol. The minimum atomic E-state index is -1.20. The highest BCUT2D eigenvalue weighted by Crippen LogP contribution is 2.33. The molecule has 0 aliphatic heterocycles. The Kier molecular flexibility index (Phi) is 3.88. The fraction of sp³-hybridized carbons (Fsp3) is 0.231. The van der Waals surface area contributed by atoms with Crippen LogP contribution in [0.25, 0.3) is 5.69 Å². The van der Waals surface area contributed by atoms with Crippen molar-refractivity contribution < 1.29 is 19.6 Å². The molecule has 0 bridgehead atoms. The van der Waals surface area contributed by atoms with E-state index in [9.17, 15) is 14.9 Å². The van der Waals surface area contributed by atoms with Crippen molar-refractivity contribution in [1.29, 1.82) is 0 Å². The molecule has 110 valence electrons. The molecular weight excluding hydrogens is 278 g/mol. The Bertz CT molecular complexity index is 693. The van der Waals surface area contributed by atoms with E-state index in [-0.39, 0.29) is 28.9 Å². The van der Waals surface area contributed by atoms with Gasteiger partial charge in [-0.1, -0.05) is 6.07 Å². The lowest BCUT2D eigenvalue weighted by Crippen LogP contribution is -2.10. The summed E-state index contributed by atoms with van der Waals surface area (Å²) in [5.41, 5.74) is -0.309. The number of carbonyl (C=O) groups is 1. The molecule has 8 nitrogen and oxygen atoms in total. The van der Waals surface area contributed by atoms with E-state index >= 15 is 0 Å². The molecule has 1 aromatic heterocycles. The molecule has 2 rings (SSSR count). The SMILES string of the molecule is CC(C)Oc1cccc(-n2ccc(C(=O)O)n2)c1[N+](=O)[O-]. The maximum Gasteiger partial charge on any atom is 0.356 e. The van der Waals surface area contributed by atoms with Crippen LogP contribution in [0.15, 0.2) is 30.5 Å². The monoisotopic (exact) mass is 291 g/mol. The Balaban J connectivity index is 2.56. The summed E-state index contributed by atoms with van der Waals surface area (Å²) in [5, 5.41) is 24.0. The molecule has 0 unspecified atom stereocenters. The molecule has 0 radical (unpaired) electrons. The summed E-state index contributed by atoms with van der Waals surface area (Å²) in [7, 11) is 0. The highest BCUT2D eigenvalue weighted by atomic mass is 16.6. The topological polar surface area (TPSA) is 107 Å². The van der Waals surface area contributed by atoms with E-state index in [4.69, 9.17) is 9.84 Å². The van der Waals surface area contributed by atoms with Gasteiger partial charge in [-0.05, 0) is 32.0 Å². The van der Waals surface area contributed by atoms with Gasteiger partial charge < -0.3 is 9.84 Å². The summed E-state index contributed by atoms with van der Waals surface area (Å²) in [6, 6.07) is 5.82. The molecule has 21 heavy (non-hydrogen) atoms. The molecule has 0 fully saturated rings. The van der Waals surface area contributed by atoms with Gasteiger partial charge in [0.2, 0.25) is 0 Å². The van der Waals surface area contributed by atoms with Gasteiger partial charge in [-0.15, -0.1) is 0 Å². The van der Waals surface area contributed by atoms with Crippen molar-refractivity contribution in [1.82, 2.24) is 9.78 Å². The highest BCUT2D eigenvalue weighted by Gasteiger charge is 2.24. The summed E-state index contributed by atoms with van der Waals surface area (Å²) < 4.78 is 6.57. The lowest BCUT2D eigenvalue weighted by molar-refractivity contribution is -0.385. The quantitative estimate of drug-likeness (QED) is 0.668. The summed E-state index contributed by atoms with van der Waals surface area (Å²) in [5.74, 6) is -1.09. The third-order valence-electron chi connectivity index (χ3n) is 2.58. The van der Waals surface area contributed by atoms with Crippen molar-refractivity contribution in [2.75, 3.05) is 0 Å². The molecule has 0 amide bonds. The molecule has 8 heteroatoms. The lowest BCUT2D eigenvalue weighted by atomic mass is 10.2. The number of hydrogen-bond acceptors (Lipinski definition) is 5. The molecule has 1 N–H and O–H groups in total. The summed E-state index contributed by atoms with van der Waals surface area (Å²) >= 11 is 0. The number of nitrogens with zero attached hydrogens (tertiary/aromatic N) is 3. The summed E-state index contributed by atoms with van der Waals surface area (Å²) in [4.78, 5) is 21.6. The number of carboxylic acid groups (broad SMARTS) is 1. The van der Waals surface area contributed by atoms with Crippen molar-refractivity contribution in [2.45, 2.75) is 20.0 Å². The van der Waals surface area contributed by atoms with Gasteiger partial charge in [0.05, 0.1) is 11.0 Å². The van der Waals surface area contributed by atoms with E-state index in [0.717, 1.165) is 4.68 Å². The predicted octanol–water partition coefficient (Wildman–Crippen LogP) is 2.27. The van der Waals surface area contributed by atoms with Gasteiger partial charge in [-0.3, -0.25) is 10.1 Å². The second kappa shape index (κ2) is 5.61. The smallest absolute Gasteiger partial charge is 0.356 e. The molecule has 1 aromatic carbocycles. The van der Waals surface area contributed by atoms with Crippen LogP contribution >= 0.6 is 0 Å². The van der Waals surface area contributed by atoms with Crippen LogP contribution in [0.5, 0.6) is 5.75 Å². The van der Waals surface area contributed by atoms with Crippen molar-refractivity contribution >= 4 is 11.7 Å². The maximum absolute atomic E-state index is 11.3. The third-order valence-corrected chi connectivity index (χ3v) is 2.58. The van der Waals surface area contributed by atoms with Crippen LogP contribution in [0.2, 0.25) is 0 Å². The van der Waals surface area contributed by atoms with E-state index < -0.39 is 10.9 Å². The van der Waals surface area contributed by atoms with Gasteiger partial charge in [0, 0.05) is 6.20 Å². The molecule has 1 heterocycles. The van der Waals surface area contributed by atoms with E-state index in [1.807, 2.05) is 0 Å². The Labute approximate surface area is 119 Å². The molecule has 0 aliphatic carbocycles. The summed E-state index contributed by atoms with van der Waals surface area (Å²) in [6.45, 7) is 3.51. The fourth-order valence-corrected chi connectivity index (χ4v) is 1.80. The first-order valence-electron chi connectivity index (χ1n) is 6.13. The van der Waals surface area contributed by atoms with E-state index in [1.165, 1.54) is 24.4 Å². The lowest BCUT2D eigenvalue weighted by Gasteiger charge is -2.12. The fourth-order valence-electron chi connectivity index (χ4n) is 1.80. The average molecular weight is 291 g/mol. The summed E-state index contributed by atoms with van der Waals surface area (Å²) in [6.07, 6.45) is 1.12. The normalized spacial score (nSPS) is 10.6. The standard InChI is InChI=1S/C13H13N3O5/c1-8(2)21-11-5-3-4-10(12(11)16(19)20)15-7-6-9(14-15)13(17)18/h3-8H,1-2H3,(H,17,18). The third kappa shape index (κ3) is 2.99. The molecular formula is C13H13N3O5. The maximum atomic E-state index is 11.3. The molecule has 0 saturated heterocycles. The highest BCUT2D eigenvalue weighted by molar-refractivity contribution is 5.85. The molecule has 0 saturated carbocycles. The zero-order valence-corrected chi connectivity index (χ0v) is 11.4. The number of para-hydroxylation sites is 1. The van der Waals surface area contributed by atoms with Crippen molar-refractivity contribution in [3.8, 4) is 11.4 Å². The van der Waals surface area contributed by atoms with Crippen LogP contribution in [0, 0.1) is 10.1 Å². The molecule has 0 atom stereocenters. The van der Waals surface area contributed by atoms with Gasteiger partial charge in [0.25, 0.3) is 0 Å². The Morgan fingerprint density at radius 1 is 1.43 bits per heavy atom. The van der Waals surface area contributed by atoms with Gasteiger partial charge >= 0.3 is 11.7 Å². The number of aromatic nitrogens is 2. The number of benzene rings is 1. The minimum absolute atomic E-state index is 0.111. The Morgan fingerprint density at radius 3 is 2.67 bits per heavy atom. The number of nitro groups is 1. The van der Waals surface area contributed by atoms with E-state index in [1.54, 1.807) is 19.9 Å². The largest absolute Gasteiger partial charge is 0.484 e. The van der Waals surface area contributed by atoms with Crippen molar-refractivity contribution in [2.24, 2.45) is 0 Å². The molecule has 2 aromatic rings. The molecule has 0 aliphatic rings. The molecule has 0 spiro atoms. The first kappa shape index (κ1) is 14.5. The van der Waals surface area contributed by atoms with Gasteiger partial charge in [0.1, 0.15) is 5.69 Å². The van der Waals surface area contributed by atoms with Crippen LogP contribution in [-0.4, -0.2) is 31.9 Å². The zero-order chi connectivity index (χ0) is 15.6. The van der Waals surface area contributed by atoms with Crippen LogP contribution < -0.4 is 4.74 Å². The van der Waals surface area contributed by atoms with E-state index in [0.29, 0.717) is 0 Å². The first-order chi connectivity index (χ1) is 9.90. The number of hydrogen-bond donors (Lipinski definition) is 1.